The van der Waals surface area contributed by atoms with Crippen molar-refractivity contribution < 1.29 is 14.3 Å². The molecule has 2 amide bonds. The number of likely N-dealkylation sites (N-methyl/N-ethyl adjacent to an activating group) is 1. The summed E-state index contributed by atoms with van der Waals surface area (Å²) in [4.78, 5) is 27.4. The number of nitrogens with one attached hydrogen (secondary N) is 2. The van der Waals surface area contributed by atoms with Gasteiger partial charge in [-0.1, -0.05) is 38.1 Å². The van der Waals surface area contributed by atoms with Gasteiger partial charge in [-0.15, -0.1) is 0 Å². The van der Waals surface area contributed by atoms with Crippen LogP contribution in [0.15, 0.2) is 48.5 Å². The van der Waals surface area contributed by atoms with Crippen LogP contribution in [-0.2, 0) is 16.0 Å². The van der Waals surface area contributed by atoms with Gasteiger partial charge in [-0.25, -0.2) is 0 Å². The fourth-order valence-electron chi connectivity index (χ4n) is 3.49. The highest BCUT2D eigenvalue weighted by atomic mass is 16.5. The van der Waals surface area contributed by atoms with Crippen molar-refractivity contribution in [2.75, 3.05) is 29.9 Å². The summed E-state index contributed by atoms with van der Waals surface area (Å²) >= 11 is 0. The van der Waals surface area contributed by atoms with Gasteiger partial charge in [0.05, 0.1) is 0 Å². The molecule has 1 aliphatic heterocycles. The van der Waals surface area contributed by atoms with Gasteiger partial charge in [-0.05, 0) is 49.1 Å². The summed E-state index contributed by atoms with van der Waals surface area (Å²) in [5.41, 5.74) is 3.22. The first-order chi connectivity index (χ1) is 14.0. The number of nitrogens with zero attached hydrogens (tertiary/aromatic N) is 1. The molecule has 0 fully saturated rings. The minimum Gasteiger partial charge on any atom is -0.484 e. The molecule has 1 aliphatic rings. The van der Waals surface area contributed by atoms with E-state index < -0.39 is 6.04 Å². The number of amides is 2. The van der Waals surface area contributed by atoms with E-state index in [4.69, 9.17) is 4.74 Å². The van der Waals surface area contributed by atoms with Crippen LogP contribution in [0.25, 0.3) is 0 Å². The summed E-state index contributed by atoms with van der Waals surface area (Å²) in [6, 6.07) is 14.5. The highest BCUT2D eigenvalue weighted by Gasteiger charge is 2.25. The van der Waals surface area contributed by atoms with Crippen molar-refractivity contribution in [1.29, 1.82) is 0 Å². The van der Waals surface area contributed by atoms with E-state index in [-0.39, 0.29) is 24.3 Å². The molecule has 3 rings (SSSR count). The highest BCUT2D eigenvalue weighted by Crippen LogP contribution is 2.30. The van der Waals surface area contributed by atoms with Crippen molar-refractivity contribution in [3.8, 4) is 5.75 Å². The average Bonchev–Trinajstić information content (AvgIpc) is 3.13. The third kappa shape index (κ3) is 5.28. The van der Waals surface area contributed by atoms with Gasteiger partial charge in [0.25, 0.3) is 5.91 Å². The minimum absolute atomic E-state index is 0.0581. The van der Waals surface area contributed by atoms with E-state index in [1.54, 1.807) is 12.1 Å². The Morgan fingerprint density at radius 2 is 1.90 bits per heavy atom. The van der Waals surface area contributed by atoms with E-state index in [2.05, 4.69) is 28.5 Å². The fourth-order valence-corrected chi connectivity index (χ4v) is 3.49. The quantitative estimate of drug-likeness (QED) is 0.720. The summed E-state index contributed by atoms with van der Waals surface area (Å²) in [6.45, 7) is 7.76. The maximum Gasteiger partial charge on any atom is 0.258 e. The Hall–Kier alpha value is -3.02. The molecule has 1 atom stereocenters. The number of carbonyl (C=O) groups is 2. The molecule has 0 bridgehead atoms. The third-order valence-corrected chi connectivity index (χ3v) is 5.11. The van der Waals surface area contributed by atoms with Gasteiger partial charge in [0.2, 0.25) is 5.91 Å². The molecule has 0 aliphatic carbocycles. The van der Waals surface area contributed by atoms with E-state index in [1.807, 2.05) is 44.2 Å². The summed E-state index contributed by atoms with van der Waals surface area (Å²) in [6.07, 6.45) is 1.03. The first kappa shape index (κ1) is 20.7. The lowest BCUT2D eigenvalue weighted by Crippen LogP contribution is -2.48. The molecule has 29 heavy (non-hydrogen) atoms. The molecule has 0 aromatic heterocycles. The van der Waals surface area contributed by atoms with E-state index in [0.29, 0.717) is 5.75 Å². The first-order valence-corrected chi connectivity index (χ1v) is 10.1. The number of carbonyl (C=O) groups excluding carboxylic acids is 2. The maximum atomic E-state index is 12.8. The summed E-state index contributed by atoms with van der Waals surface area (Å²) < 4.78 is 5.47. The first-order valence-electron chi connectivity index (χ1n) is 10.1. The molecule has 2 N–H and O–H groups in total. The Balaban J connectivity index is 1.60. The van der Waals surface area contributed by atoms with E-state index in [1.165, 1.54) is 11.3 Å². The van der Waals surface area contributed by atoms with Crippen LogP contribution in [0.4, 0.5) is 11.4 Å². The topological polar surface area (TPSA) is 70.7 Å². The number of ether oxygens (including phenoxy) is 1. The molecular formula is C23H29N3O3. The van der Waals surface area contributed by atoms with Gasteiger partial charge in [0.1, 0.15) is 11.8 Å². The summed E-state index contributed by atoms with van der Waals surface area (Å²) in [7, 11) is 0. The smallest absolute Gasteiger partial charge is 0.258 e. The van der Waals surface area contributed by atoms with Crippen LogP contribution in [0, 0.1) is 5.92 Å². The number of fused-ring (bicyclic) bond motifs is 1. The zero-order valence-electron chi connectivity index (χ0n) is 17.3. The van der Waals surface area contributed by atoms with Crippen LogP contribution < -0.4 is 20.3 Å². The Bertz CT molecular complexity index is 852. The van der Waals surface area contributed by atoms with Crippen LogP contribution in [0.5, 0.6) is 5.75 Å². The largest absolute Gasteiger partial charge is 0.484 e. The second-order valence-electron chi connectivity index (χ2n) is 7.55. The number of hydrogen-bond donors (Lipinski definition) is 2. The fraction of sp³-hybridized carbons (Fsp3) is 0.391. The van der Waals surface area contributed by atoms with Crippen molar-refractivity contribution in [1.82, 2.24) is 5.32 Å². The van der Waals surface area contributed by atoms with Crippen LogP contribution in [0.1, 0.15) is 26.3 Å². The van der Waals surface area contributed by atoms with Crippen molar-refractivity contribution in [3.05, 3.63) is 54.1 Å². The normalized spacial score (nSPS) is 13.7. The monoisotopic (exact) mass is 395 g/mol. The second kappa shape index (κ2) is 9.45. The number of hydrogen-bond acceptors (Lipinski definition) is 4. The molecule has 0 saturated heterocycles. The maximum absolute atomic E-state index is 12.8. The van der Waals surface area contributed by atoms with Crippen molar-refractivity contribution in [3.63, 3.8) is 0 Å². The molecule has 1 unspecified atom stereocenters. The van der Waals surface area contributed by atoms with Crippen LogP contribution in [0.3, 0.4) is 0 Å². The summed E-state index contributed by atoms with van der Waals surface area (Å²) in [5.74, 6) is 0.00642. The molecule has 0 spiro atoms. The van der Waals surface area contributed by atoms with Crippen molar-refractivity contribution in [2.24, 2.45) is 5.92 Å². The average molecular weight is 396 g/mol. The molecule has 0 radical (unpaired) electrons. The van der Waals surface area contributed by atoms with Gasteiger partial charge >= 0.3 is 0 Å². The summed E-state index contributed by atoms with van der Waals surface area (Å²) in [5, 5.41) is 5.75. The lowest BCUT2D eigenvalue weighted by Gasteiger charge is -2.22. The molecule has 154 valence electrons. The Kier molecular flexibility index (Phi) is 6.75. The molecule has 6 nitrogen and oxygen atoms in total. The lowest BCUT2D eigenvalue weighted by atomic mass is 10.0. The zero-order valence-corrected chi connectivity index (χ0v) is 17.3. The Morgan fingerprint density at radius 1 is 1.14 bits per heavy atom. The van der Waals surface area contributed by atoms with Crippen LogP contribution in [0.2, 0.25) is 0 Å². The van der Waals surface area contributed by atoms with Crippen molar-refractivity contribution >= 4 is 23.2 Å². The van der Waals surface area contributed by atoms with Gasteiger partial charge in [0, 0.05) is 24.5 Å². The van der Waals surface area contributed by atoms with Crippen LogP contribution >= 0.6 is 0 Å². The molecular weight excluding hydrogens is 366 g/mol. The SMILES string of the molecule is CCN1CCc2ccc(NC(=O)C(NC(=O)COc3ccccc3)C(C)C)cc21. The number of rotatable bonds is 8. The van der Waals surface area contributed by atoms with E-state index >= 15 is 0 Å². The van der Waals surface area contributed by atoms with Gasteiger partial charge in [0.15, 0.2) is 6.61 Å². The van der Waals surface area contributed by atoms with Crippen LogP contribution in [-0.4, -0.2) is 37.6 Å². The third-order valence-electron chi connectivity index (χ3n) is 5.11. The minimum atomic E-state index is -0.641. The molecule has 1 heterocycles. The predicted octanol–water partition coefficient (Wildman–Crippen LogP) is 3.23. The van der Waals surface area contributed by atoms with Gasteiger partial charge < -0.3 is 20.3 Å². The molecule has 0 saturated carbocycles. The lowest BCUT2D eigenvalue weighted by molar-refractivity contribution is -0.128. The second-order valence-corrected chi connectivity index (χ2v) is 7.55. The Morgan fingerprint density at radius 3 is 2.59 bits per heavy atom. The number of para-hydroxylation sites is 1. The molecule has 2 aromatic carbocycles. The predicted molar refractivity (Wildman–Crippen MR) is 115 cm³/mol. The number of benzene rings is 2. The van der Waals surface area contributed by atoms with E-state index in [9.17, 15) is 9.59 Å². The zero-order chi connectivity index (χ0) is 20.8. The standard InChI is InChI=1S/C23H29N3O3/c1-4-26-13-12-17-10-11-18(14-20(17)26)24-23(28)22(16(2)3)25-21(27)15-29-19-8-6-5-7-9-19/h5-11,14,16,22H,4,12-13,15H2,1-3H3,(H,24,28)(H,25,27). The van der Waals surface area contributed by atoms with Crippen molar-refractivity contribution in [2.45, 2.75) is 33.2 Å². The Labute approximate surface area is 172 Å². The van der Waals surface area contributed by atoms with Gasteiger partial charge in [-0.3, -0.25) is 9.59 Å². The van der Waals surface area contributed by atoms with Gasteiger partial charge in [-0.2, -0.15) is 0 Å². The number of anilines is 2. The molecule has 2 aromatic rings. The highest BCUT2D eigenvalue weighted by molar-refractivity contribution is 5.98. The van der Waals surface area contributed by atoms with E-state index in [0.717, 1.165) is 25.2 Å². The molecule has 6 heteroatoms.